The van der Waals surface area contributed by atoms with E-state index >= 15 is 0 Å². The average molecular weight is 338 g/mol. The first-order chi connectivity index (χ1) is 11.9. The summed E-state index contributed by atoms with van der Waals surface area (Å²) < 4.78 is 0. The molecule has 1 aliphatic heterocycles. The van der Waals surface area contributed by atoms with Gasteiger partial charge in [-0.15, -0.1) is 0 Å². The smallest absolute Gasteiger partial charge is 0.233 e. The summed E-state index contributed by atoms with van der Waals surface area (Å²) >= 11 is 0. The molecule has 130 valence electrons. The van der Waals surface area contributed by atoms with Crippen LogP contribution in [-0.2, 0) is 14.4 Å². The summed E-state index contributed by atoms with van der Waals surface area (Å²) in [5.74, 6) is -0.322. The van der Waals surface area contributed by atoms with Crippen LogP contribution in [0.5, 0.6) is 0 Å². The molecule has 0 aromatic heterocycles. The van der Waals surface area contributed by atoms with Crippen molar-refractivity contribution in [2.24, 2.45) is 23.7 Å². The average Bonchev–Trinajstić information content (AvgIpc) is 3.19. The SMILES string of the molecule is Cc1cc(C)cc(NC(=O)CCN2C(=O)[C@@H]3[C@H](C2=O)[C@H]2C=C[C@H]3C2)c1. The van der Waals surface area contributed by atoms with Crippen molar-refractivity contribution in [3.8, 4) is 0 Å². The van der Waals surface area contributed by atoms with Gasteiger partial charge in [-0.1, -0.05) is 18.2 Å². The number of rotatable bonds is 4. The van der Waals surface area contributed by atoms with Crippen molar-refractivity contribution in [2.75, 3.05) is 11.9 Å². The molecule has 5 heteroatoms. The number of aryl methyl sites for hydroxylation is 2. The van der Waals surface area contributed by atoms with E-state index in [1.165, 1.54) is 4.90 Å². The number of benzene rings is 1. The Labute approximate surface area is 147 Å². The van der Waals surface area contributed by atoms with Crippen LogP contribution < -0.4 is 5.32 Å². The second-order valence-electron chi connectivity index (χ2n) is 7.50. The highest BCUT2D eigenvalue weighted by molar-refractivity contribution is 6.06. The zero-order valence-corrected chi connectivity index (χ0v) is 14.5. The lowest BCUT2D eigenvalue weighted by Crippen LogP contribution is -2.35. The quantitative estimate of drug-likeness (QED) is 0.677. The van der Waals surface area contributed by atoms with Gasteiger partial charge in [-0.25, -0.2) is 0 Å². The number of anilines is 1. The van der Waals surface area contributed by atoms with Crippen LogP contribution in [0.25, 0.3) is 0 Å². The Morgan fingerprint density at radius 1 is 1.04 bits per heavy atom. The molecule has 0 unspecified atom stereocenters. The summed E-state index contributed by atoms with van der Waals surface area (Å²) in [6, 6.07) is 5.86. The van der Waals surface area contributed by atoms with Crippen LogP contribution in [0.4, 0.5) is 5.69 Å². The van der Waals surface area contributed by atoms with Crippen molar-refractivity contribution in [2.45, 2.75) is 26.7 Å². The Hall–Kier alpha value is -2.43. The molecule has 1 saturated carbocycles. The Balaban J connectivity index is 1.38. The van der Waals surface area contributed by atoms with E-state index in [-0.39, 0.29) is 54.4 Å². The van der Waals surface area contributed by atoms with E-state index in [0.29, 0.717) is 0 Å². The summed E-state index contributed by atoms with van der Waals surface area (Å²) in [4.78, 5) is 38.7. The summed E-state index contributed by atoms with van der Waals surface area (Å²) in [6.07, 6.45) is 5.21. The molecule has 0 spiro atoms. The van der Waals surface area contributed by atoms with Crippen molar-refractivity contribution >= 4 is 23.4 Å². The molecule has 1 N–H and O–H groups in total. The van der Waals surface area contributed by atoms with Crippen molar-refractivity contribution in [1.29, 1.82) is 0 Å². The molecule has 0 radical (unpaired) electrons. The fraction of sp³-hybridized carbons (Fsp3) is 0.450. The molecule has 25 heavy (non-hydrogen) atoms. The van der Waals surface area contributed by atoms with Crippen molar-refractivity contribution in [3.05, 3.63) is 41.5 Å². The maximum Gasteiger partial charge on any atom is 0.233 e. The fourth-order valence-electron chi connectivity index (χ4n) is 4.67. The van der Waals surface area contributed by atoms with E-state index in [4.69, 9.17) is 0 Å². The molecule has 4 rings (SSSR count). The molecule has 3 aliphatic rings. The minimum atomic E-state index is -0.190. The Morgan fingerprint density at radius 2 is 1.60 bits per heavy atom. The highest BCUT2D eigenvalue weighted by Gasteiger charge is 2.58. The van der Waals surface area contributed by atoms with Crippen LogP contribution in [0.3, 0.4) is 0 Å². The molecule has 2 fully saturated rings. The number of imide groups is 1. The summed E-state index contributed by atoms with van der Waals surface area (Å²) in [5, 5.41) is 2.86. The zero-order valence-electron chi connectivity index (χ0n) is 14.5. The Kier molecular flexibility index (Phi) is 3.74. The molecule has 1 aromatic carbocycles. The Morgan fingerprint density at radius 3 is 2.16 bits per heavy atom. The van der Waals surface area contributed by atoms with Gasteiger partial charge in [0.05, 0.1) is 11.8 Å². The normalized spacial score (nSPS) is 29.4. The third-order valence-electron chi connectivity index (χ3n) is 5.63. The van der Waals surface area contributed by atoms with Gasteiger partial charge in [0.2, 0.25) is 17.7 Å². The second-order valence-corrected chi connectivity index (χ2v) is 7.50. The maximum absolute atomic E-state index is 12.6. The van der Waals surface area contributed by atoms with Crippen LogP contribution >= 0.6 is 0 Å². The second kappa shape index (κ2) is 5.83. The van der Waals surface area contributed by atoms with E-state index in [2.05, 4.69) is 17.5 Å². The van der Waals surface area contributed by atoms with E-state index in [9.17, 15) is 14.4 Å². The first-order valence-corrected chi connectivity index (χ1v) is 8.86. The van der Waals surface area contributed by atoms with Gasteiger partial charge in [0.15, 0.2) is 0 Å². The first kappa shape index (κ1) is 16.1. The molecule has 2 aliphatic carbocycles. The summed E-state index contributed by atoms with van der Waals surface area (Å²) in [6.45, 7) is 4.12. The molecular weight excluding hydrogens is 316 g/mol. The number of likely N-dealkylation sites (tertiary alicyclic amines) is 1. The number of carbonyl (C=O) groups excluding carboxylic acids is 3. The predicted octanol–water partition coefficient (Wildman–Crippen LogP) is 2.44. The fourth-order valence-corrected chi connectivity index (χ4v) is 4.67. The van der Waals surface area contributed by atoms with Gasteiger partial charge in [0, 0.05) is 18.7 Å². The number of amides is 3. The number of fused-ring (bicyclic) bond motifs is 5. The number of hydrogen-bond donors (Lipinski definition) is 1. The molecule has 1 heterocycles. The third-order valence-corrected chi connectivity index (χ3v) is 5.63. The van der Waals surface area contributed by atoms with Crippen molar-refractivity contribution in [3.63, 3.8) is 0 Å². The number of nitrogens with one attached hydrogen (secondary N) is 1. The number of hydrogen-bond acceptors (Lipinski definition) is 3. The van der Waals surface area contributed by atoms with Gasteiger partial charge in [-0.3, -0.25) is 19.3 Å². The van der Waals surface area contributed by atoms with E-state index in [0.717, 1.165) is 23.2 Å². The molecule has 1 aromatic rings. The summed E-state index contributed by atoms with van der Waals surface area (Å²) in [7, 11) is 0. The van der Waals surface area contributed by atoms with Gasteiger partial charge >= 0.3 is 0 Å². The topological polar surface area (TPSA) is 66.5 Å². The third kappa shape index (κ3) is 2.68. The summed E-state index contributed by atoms with van der Waals surface area (Å²) in [5.41, 5.74) is 2.91. The van der Waals surface area contributed by atoms with Gasteiger partial charge in [0.25, 0.3) is 0 Å². The highest BCUT2D eigenvalue weighted by atomic mass is 16.2. The van der Waals surface area contributed by atoms with Crippen LogP contribution in [0.15, 0.2) is 30.4 Å². The molecule has 2 bridgehead atoms. The number of carbonyl (C=O) groups is 3. The monoisotopic (exact) mass is 338 g/mol. The van der Waals surface area contributed by atoms with Crippen molar-refractivity contribution in [1.82, 2.24) is 4.90 Å². The lowest BCUT2D eigenvalue weighted by molar-refractivity contribution is -0.140. The molecule has 5 nitrogen and oxygen atoms in total. The Bertz CT molecular complexity index is 748. The zero-order chi connectivity index (χ0) is 17.7. The van der Waals surface area contributed by atoms with Crippen LogP contribution in [0, 0.1) is 37.5 Å². The minimum Gasteiger partial charge on any atom is -0.326 e. The van der Waals surface area contributed by atoms with Gasteiger partial charge in [-0.05, 0) is 55.4 Å². The number of nitrogens with zero attached hydrogens (tertiary/aromatic N) is 1. The first-order valence-electron chi connectivity index (χ1n) is 8.86. The number of allylic oxidation sites excluding steroid dienone is 2. The largest absolute Gasteiger partial charge is 0.326 e. The van der Waals surface area contributed by atoms with E-state index in [1.807, 2.05) is 32.0 Å². The van der Waals surface area contributed by atoms with Gasteiger partial charge in [-0.2, -0.15) is 0 Å². The molecule has 1 saturated heterocycles. The van der Waals surface area contributed by atoms with Gasteiger partial charge < -0.3 is 5.32 Å². The molecule has 4 atom stereocenters. The van der Waals surface area contributed by atoms with E-state index < -0.39 is 0 Å². The van der Waals surface area contributed by atoms with Crippen LogP contribution in [0.1, 0.15) is 24.0 Å². The van der Waals surface area contributed by atoms with Gasteiger partial charge in [0.1, 0.15) is 0 Å². The standard InChI is InChI=1S/C20H22N2O3/c1-11-7-12(2)9-15(8-11)21-16(23)5-6-22-19(24)17-13-3-4-14(10-13)18(17)20(22)25/h3-4,7-9,13-14,17-18H,5-6,10H2,1-2H3,(H,21,23)/t13-,14-,17-,18+/m0/s1. The maximum atomic E-state index is 12.6. The predicted molar refractivity (Wildman–Crippen MR) is 93.6 cm³/mol. The van der Waals surface area contributed by atoms with Crippen LogP contribution in [-0.4, -0.2) is 29.2 Å². The van der Waals surface area contributed by atoms with Crippen molar-refractivity contribution < 1.29 is 14.4 Å². The van der Waals surface area contributed by atoms with E-state index in [1.54, 1.807) is 0 Å². The highest BCUT2D eigenvalue weighted by Crippen LogP contribution is 2.52. The molecule has 3 amide bonds. The minimum absolute atomic E-state index is 0.0916. The lowest BCUT2D eigenvalue weighted by atomic mass is 9.85. The van der Waals surface area contributed by atoms with Crippen LogP contribution in [0.2, 0.25) is 0 Å². The molecular formula is C20H22N2O3. The lowest BCUT2D eigenvalue weighted by Gasteiger charge is -2.17.